The van der Waals surface area contributed by atoms with E-state index in [1.165, 1.54) is 11.2 Å². The molecule has 12 heteroatoms. The molecule has 0 aromatic heterocycles. The van der Waals surface area contributed by atoms with Gasteiger partial charge >= 0.3 is 19.1 Å². The van der Waals surface area contributed by atoms with Gasteiger partial charge in [-0.25, -0.2) is 8.42 Å². The zero-order valence-electron chi connectivity index (χ0n) is 24.4. The number of nitrogens with zero attached hydrogens (tertiary/aromatic N) is 1. The summed E-state index contributed by atoms with van der Waals surface area (Å²) >= 11 is 0. The van der Waals surface area contributed by atoms with Crippen molar-refractivity contribution in [2.24, 2.45) is 0 Å². The minimum atomic E-state index is -3.00. The van der Waals surface area contributed by atoms with Gasteiger partial charge in [0.15, 0.2) is 0 Å². The van der Waals surface area contributed by atoms with Gasteiger partial charge in [-0.3, -0.25) is 14.5 Å². The quantitative estimate of drug-likeness (QED) is 0.294. The molecule has 0 bridgehead atoms. The average Bonchev–Trinajstić information content (AvgIpc) is 3.02. The number of likely N-dealkylation sites (N-methyl/N-ethyl adjacent to an activating group) is 1. The summed E-state index contributed by atoms with van der Waals surface area (Å²) in [5.74, 6) is 1.70. The largest absolute Gasteiger partial charge is 0.636 e. The van der Waals surface area contributed by atoms with Gasteiger partial charge in [-0.2, -0.15) is 0 Å². The average molecular weight is 610 g/mol. The standard InChI is InChI=1S/C31H36BNO9S/c1-23-9-12-26(39-27-13-10-24(11-14-27)32-41-30(34)21-33(2)22-31(35)42-32)7-4-5-8-29(23)40-28-17-15-25(16-18-28)38-19-6-20-43(3,36)37/h4-5,8,10-11,13-18,26H,1,6-7,9,12,19-22H2,2-3H3/b5-4-,29-8+/t26-/m0/s1. The number of hydrogen-bond donors (Lipinski definition) is 0. The highest BCUT2D eigenvalue weighted by Gasteiger charge is 2.33. The fourth-order valence-corrected chi connectivity index (χ4v) is 5.04. The van der Waals surface area contributed by atoms with Gasteiger partial charge in [0.1, 0.15) is 38.9 Å². The highest BCUT2D eigenvalue weighted by Crippen LogP contribution is 2.26. The van der Waals surface area contributed by atoms with Crippen molar-refractivity contribution in [3.05, 3.63) is 84.7 Å². The fraction of sp³-hybridized carbons (Fsp3) is 0.355. The van der Waals surface area contributed by atoms with Crippen molar-refractivity contribution in [1.82, 2.24) is 4.90 Å². The monoisotopic (exact) mass is 609 g/mol. The molecule has 0 N–H and O–H groups in total. The molecule has 43 heavy (non-hydrogen) atoms. The van der Waals surface area contributed by atoms with E-state index in [1.54, 1.807) is 55.6 Å². The normalized spacial score (nSPS) is 20.6. The number of sulfone groups is 1. The molecular formula is C31H36BNO9S. The van der Waals surface area contributed by atoms with Crippen LogP contribution in [0, 0.1) is 0 Å². The second-order valence-electron chi connectivity index (χ2n) is 10.5. The second-order valence-corrected chi connectivity index (χ2v) is 12.8. The molecule has 10 nitrogen and oxygen atoms in total. The van der Waals surface area contributed by atoms with Crippen LogP contribution in [-0.2, 0) is 28.7 Å². The van der Waals surface area contributed by atoms with Gasteiger partial charge in [-0.05, 0) is 74.4 Å². The Kier molecular flexibility index (Phi) is 11.1. The maximum Gasteiger partial charge on any atom is 0.636 e. The summed E-state index contributed by atoms with van der Waals surface area (Å²) in [5, 5.41) is 0. The molecule has 0 unspecified atom stereocenters. The SMILES string of the molecule is C=C1CC[C@@H](Oc2ccc(B3OC(=O)CN(C)CC(=O)O3)cc2)C/C=C\C=C/1Oc1ccc(OCCCS(C)(=O)=O)cc1. The first-order chi connectivity index (χ1) is 20.5. The van der Waals surface area contributed by atoms with Crippen molar-refractivity contribution in [3.63, 3.8) is 0 Å². The van der Waals surface area contributed by atoms with Gasteiger partial charge in [0.25, 0.3) is 0 Å². The van der Waals surface area contributed by atoms with Crippen LogP contribution in [0.5, 0.6) is 17.2 Å². The molecule has 0 spiro atoms. The van der Waals surface area contributed by atoms with Gasteiger partial charge in [-0.1, -0.05) is 30.9 Å². The van der Waals surface area contributed by atoms with Crippen LogP contribution in [0.15, 0.2) is 84.7 Å². The molecular weight excluding hydrogens is 573 g/mol. The van der Waals surface area contributed by atoms with Gasteiger partial charge in [0, 0.05) is 18.1 Å². The second kappa shape index (κ2) is 14.9. The lowest BCUT2D eigenvalue weighted by Gasteiger charge is -2.23. The van der Waals surface area contributed by atoms with E-state index in [9.17, 15) is 18.0 Å². The van der Waals surface area contributed by atoms with Gasteiger partial charge in [0.2, 0.25) is 0 Å². The first kappa shape index (κ1) is 31.9. The van der Waals surface area contributed by atoms with Crippen molar-refractivity contribution in [2.75, 3.05) is 38.8 Å². The molecule has 2 aliphatic rings. The Balaban J connectivity index is 1.28. The molecule has 1 aliphatic carbocycles. The summed E-state index contributed by atoms with van der Waals surface area (Å²) in [7, 11) is -2.46. The molecule has 2 aromatic carbocycles. The van der Waals surface area contributed by atoms with E-state index in [4.69, 9.17) is 23.5 Å². The molecule has 1 heterocycles. The third-order valence-electron chi connectivity index (χ3n) is 6.61. The Bertz CT molecular complexity index is 1430. The van der Waals surface area contributed by atoms with Crippen LogP contribution in [0.1, 0.15) is 25.7 Å². The van der Waals surface area contributed by atoms with Crippen LogP contribution in [0.4, 0.5) is 0 Å². The highest BCUT2D eigenvalue weighted by atomic mass is 32.2. The van der Waals surface area contributed by atoms with E-state index in [2.05, 4.69) is 6.58 Å². The molecule has 1 fully saturated rings. The van der Waals surface area contributed by atoms with E-state index in [0.717, 1.165) is 5.57 Å². The first-order valence-corrected chi connectivity index (χ1v) is 16.1. The minimum absolute atomic E-state index is 0.00656. The third kappa shape index (κ3) is 10.6. The molecule has 0 saturated carbocycles. The molecule has 4 rings (SSSR count). The molecule has 1 atom stereocenters. The zero-order chi connectivity index (χ0) is 30.8. The van der Waals surface area contributed by atoms with Crippen molar-refractivity contribution in [1.29, 1.82) is 0 Å². The molecule has 228 valence electrons. The van der Waals surface area contributed by atoms with E-state index < -0.39 is 28.9 Å². The van der Waals surface area contributed by atoms with E-state index in [1.807, 2.05) is 18.2 Å². The van der Waals surface area contributed by atoms with Crippen molar-refractivity contribution < 1.29 is 41.5 Å². The summed E-state index contributed by atoms with van der Waals surface area (Å²) in [6.07, 6.45) is 9.37. The molecule has 1 saturated heterocycles. The predicted molar refractivity (Wildman–Crippen MR) is 163 cm³/mol. The maximum atomic E-state index is 12.1. The fourth-order valence-electron chi connectivity index (χ4n) is 4.40. The van der Waals surface area contributed by atoms with E-state index in [0.29, 0.717) is 60.8 Å². The molecule has 0 amide bonds. The number of allylic oxidation sites excluding steroid dienone is 3. The van der Waals surface area contributed by atoms with Crippen LogP contribution in [0.2, 0.25) is 0 Å². The Morgan fingerprint density at radius 1 is 0.977 bits per heavy atom. The van der Waals surface area contributed by atoms with Crippen molar-refractivity contribution in [2.45, 2.75) is 31.8 Å². The van der Waals surface area contributed by atoms with Crippen LogP contribution in [0.3, 0.4) is 0 Å². The summed E-state index contributed by atoms with van der Waals surface area (Å²) < 4.78 is 51.1. The third-order valence-corrected chi connectivity index (χ3v) is 7.64. The zero-order valence-corrected chi connectivity index (χ0v) is 25.2. The van der Waals surface area contributed by atoms with Crippen molar-refractivity contribution >= 4 is 34.4 Å². The minimum Gasteiger partial charge on any atom is -0.494 e. The number of carbonyl (C=O) groups excluding carboxylic acids is 2. The number of hydrogen-bond acceptors (Lipinski definition) is 10. The highest BCUT2D eigenvalue weighted by molar-refractivity contribution is 7.90. The number of benzene rings is 2. The summed E-state index contributed by atoms with van der Waals surface area (Å²) in [6, 6.07) is 14.1. The first-order valence-electron chi connectivity index (χ1n) is 14.0. The van der Waals surface area contributed by atoms with E-state index >= 15 is 0 Å². The maximum absolute atomic E-state index is 12.1. The lowest BCUT2D eigenvalue weighted by atomic mass is 9.78. The molecule has 0 radical (unpaired) electrons. The smallest absolute Gasteiger partial charge is 0.494 e. The number of ether oxygens (including phenoxy) is 3. The Morgan fingerprint density at radius 3 is 2.26 bits per heavy atom. The van der Waals surface area contributed by atoms with Crippen LogP contribution < -0.4 is 19.7 Å². The Hall–Kier alpha value is -4.03. The molecule has 2 aromatic rings. The van der Waals surface area contributed by atoms with Gasteiger partial charge < -0.3 is 23.5 Å². The van der Waals surface area contributed by atoms with Crippen LogP contribution >= 0.6 is 0 Å². The van der Waals surface area contributed by atoms with E-state index in [-0.39, 0.29) is 24.9 Å². The Labute approximate surface area is 253 Å². The van der Waals surface area contributed by atoms with Gasteiger partial charge in [-0.15, -0.1) is 0 Å². The predicted octanol–water partition coefficient (Wildman–Crippen LogP) is 3.23. The van der Waals surface area contributed by atoms with Crippen LogP contribution in [-0.4, -0.2) is 77.2 Å². The molecule has 1 aliphatic heterocycles. The summed E-state index contributed by atoms with van der Waals surface area (Å²) in [5.41, 5.74) is 1.37. The summed E-state index contributed by atoms with van der Waals surface area (Å²) in [4.78, 5) is 25.7. The lowest BCUT2D eigenvalue weighted by Crippen LogP contribution is -2.47. The Morgan fingerprint density at radius 2 is 1.60 bits per heavy atom. The summed E-state index contributed by atoms with van der Waals surface area (Å²) in [6.45, 7) is 4.55. The number of carbonyl (C=O) groups is 2. The topological polar surface area (TPSA) is 118 Å². The van der Waals surface area contributed by atoms with Gasteiger partial charge in [0.05, 0.1) is 25.4 Å². The van der Waals surface area contributed by atoms with Crippen molar-refractivity contribution in [3.8, 4) is 17.2 Å². The lowest BCUT2D eigenvalue weighted by molar-refractivity contribution is -0.145. The van der Waals surface area contributed by atoms with Crippen LogP contribution in [0.25, 0.3) is 0 Å². The number of rotatable bonds is 10.